The van der Waals surface area contributed by atoms with Crippen molar-refractivity contribution < 1.29 is 8.60 Å². The van der Waals surface area contributed by atoms with E-state index in [9.17, 15) is 8.60 Å². The maximum atomic E-state index is 12.9. The van der Waals surface area contributed by atoms with Gasteiger partial charge in [0.15, 0.2) is 0 Å². The molecule has 1 heterocycles. The molecule has 4 nitrogen and oxygen atoms in total. The highest BCUT2D eigenvalue weighted by molar-refractivity contribution is 7.85. The van der Waals surface area contributed by atoms with Gasteiger partial charge in [0, 0.05) is 6.20 Å². The molecule has 112 valence electrons. The Morgan fingerprint density at radius 1 is 1.24 bits per heavy atom. The van der Waals surface area contributed by atoms with Crippen molar-refractivity contribution in [1.82, 2.24) is 9.78 Å². The van der Waals surface area contributed by atoms with Gasteiger partial charge in [0.2, 0.25) is 0 Å². The minimum absolute atomic E-state index is 0.288. The molecule has 0 fully saturated rings. The average molecular weight is 307 g/mol. The summed E-state index contributed by atoms with van der Waals surface area (Å²) in [5.41, 5.74) is 2.02. The van der Waals surface area contributed by atoms with Crippen molar-refractivity contribution in [3.8, 4) is 5.69 Å². The highest BCUT2D eigenvalue weighted by Gasteiger charge is 2.19. The van der Waals surface area contributed by atoms with Crippen LogP contribution in [0.3, 0.4) is 0 Å². The fourth-order valence-corrected chi connectivity index (χ4v) is 2.18. The third-order valence-corrected chi connectivity index (χ3v) is 4.28. The number of rotatable bonds is 3. The molecule has 0 bridgehead atoms. The van der Waals surface area contributed by atoms with Crippen molar-refractivity contribution in [2.45, 2.75) is 32.4 Å². The minimum atomic E-state index is -1.32. The third-order valence-electron chi connectivity index (χ3n) is 2.79. The second-order valence-electron chi connectivity index (χ2n) is 5.66. The largest absolute Gasteiger partial charge is 0.240 e. The molecule has 0 spiro atoms. The van der Waals surface area contributed by atoms with E-state index in [1.807, 2.05) is 20.8 Å². The number of nitrogens with zero attached hydrogens (tertiary/aromatic N) is 3. The van der Waals surface area contributed by atoms with Gasteiger partial charge in [-0.25, -0.2) is 13.3 Å². The molecule has 2 aromatic rings. The Bertz CT molecular complexity index is 684. The molecule has 0 aliphatic carbocycles. The molecular formula is C15H18FN3OS. The summed E-state index contributed by atoms with van der Waals surface area (Å²) < 4.78 is 30.3. The smallest absolute Gasteiger partial charge is 0.145 e. The first-order valence-electron chi connectivity index (χ1n) is 6.56. The van der Waals surface area contributed by atoms with E-state index in [1.165, 1.54) is 12.1 Å². The highest BCUT2D eigenvalue weighted by Crippen LogP contribution is 2.14. The normalized spacial score (nSPS) is 14.2. The number of halogens is 1. The molecule has 1 aromatic heterocycles. The van der Waals surface area contributed by atoms with Crippen LogP contribution in [0.1, 0.15) is 33.4 Å². The molecule has 0 radical (unpaired) electrons. The summed E-state index contributed by atoms with van der Waals surface area (Å²) >= 11 is 0. The number of hydrogen-bond donors (Lipinski definition) is 0. The summed E-state index contributed by atoms with van der Waals surface area (Å²) in [4.78, 5) is 0. The first-order chi connectivity index (χ1) is 9.77. The molecule has 0 amide bonds. The average Bonchev–Trinajstić information content (AvgIpc) is 2.88. The van der Waals surface area contributed by atoms with Gasteiger partial charge in [-0.05, 0) is 58.0 Å². The van der Waals surface area contributed by atoms with Gasteiger partial charge in [-0.3, -0.25) is 0 Å². The summed E-state index contributed by atoms with van der Waals surface area (Å²) in [7, 11) is -1.32. The molecule has 0 saturated heterocycles. The molecule has 2 rings (SSSR count). The van der Waals surface area contributed by atoms with E-state index in [-0.39, 0.29) is 5.82 Å². The van der Waals surface area contributed by atoms with Crippen LogP contribution in [0.5, 0.6) is 0 Å². The van der Waals surface area contributed by atoms with E-state index in [4.69, 9.17) is 0 Å². The van der Waals surface area contributed by atoms with Gasteiger partial charge in [0.05, 0.1) is 16.1 Å². The van der Waals surface area contributed by atoms with Crippen molar-refractivity contribution in [3.63, 3.8) is 0 Å². The van der Waals surface area contributed by atoms with Crippen molar-refractivity contribution in [1.29, 1.82) is 0 Å². The van der Waals surface area contributed by atoms with Crippen LogP contribution in [0.15, 0.2) is 40.9 Å². The zero-order valence-electron chi connectivity index (χ0n) is 12.5. The Kier molecular flexibility index (Phi) is 4.37. The van der Waals surface area contributed by atoms with Crippen molar-refractivity contribution in [2.24, 2.45) is 4.40 Å². The second kappa shape index (κ2) is 5.89. The standard InChI is InChI=1S/C15H18FN3OS/c1-11(18-21(20)15(2,3)4)14-9-10-19(17-14)13-7-5-12(16)6-8-13/h5-10H,1-4H3/b18-11+. The Labute approximate surface area is 126 Å². The Hall–Kier alpha value is -1.82. The number of aromatic nitrogens is 2. The van der Waals surface area contributed by atoms with Crippen LogP contribution in [0.4, 0.5) is 4.39 Å². The van der Waals surface area contributed by atoms with E-state index in [0.717, 1.165) is 5.69 Å². The minimum Gasteiger partial charge on any atom is -0.240 e. The van der Waals surface area contributed by atoms with E-state index >= 15 is 0 Å². The van der Waals surface area contributed by atoms with Gasteiger partial charge in [-0.15, -0.1) is 0 Å². The zero-order chi connectivity index (χ0) is 15.6. The maximum absolute atomic E-state index is 12.9. The fraction of sp³-hybridized carbons (Fsp3) is 0.333. The van der Waals surface area contributed by atoms with Crippen molar-refractivity contribution in [3.05, 3.63) is 48.0 Å². The third kappa shape index (κ3) is 3.85. The quantitative estimate of drug-likeness (QED) is 0.817. The van der Waals surface area contributed by atoms with Gasteiger partial charge < -0.3 is 0 Å². The van der Waals surface area contributed by atoms with Gasteiger partial charge in [-0.1, -0.05) is 0 Å². The molecule has 0 saturated carbocycles. The summed E-state index contributed by atoms with van der Waals surface area (Å²) in [5.74, 6) is -0.288. The SMILES string of the molecule is C/C(=N\S(=O)C(C)(C)C)c1ccn(-c2ccc(F)cc2)n1. The predicted molar refractivity (Wildman–Crippen MR) is 83.6 cm³/mol. The molecule has 21 heavy (non-hydrogen) atoms. The maximum Gasteiger partial charge on any atom is 0.145 e. The lowest BCUT2D eigenvalue weighted by Crippen LogP contribution is -2.20. The van der Waals surface area contributed by atoms with Gasteiger partial charge >= 0.3 is 0 Å². The van der Waals surface area contributed by atoms with Gasteiger partial charge in [0.25, 0.3) is 0 Å². The van der Waals surface area contributed by atoms with Crippen molar-refractivity contribution >= 4 is 16.7 Å². The molecule has 0 aliphatic rings. The van der Waals surface area contributed by atoms with Crippen LogP contribution >= 0.6 is 0 Å². The first-order valence-corrected chi connectivity index (χ1v) is 7.67. The van der Waals surface area contributed by atoms with E-state index < -0.39 is 15.7 Å². The summed E-state index contributed by atoms with van der Waals surface area (Å²) in [5, 5.41) is 4.37. The fourth-order valence-electron chi connectivity index (χ4n) is 1.56. The summed E-state index contributed by atoms with van der Waals surface area (Å²) in [6.45, 7) is 7.39. The van der Waals surface area contributed by atoms with E-state index in [0.29, 0.717) is 11.4 Å². The summed E-state index contributed by atoms with van der Waals surface area (Å²) in [6, 6.07) is 7.85. The second-order valence-corrected chi connectivity index (χ2v) is 7.57. The molecule has 1 aromatic carbocycles. The molecule has 0 N–H and O–H groups in total. The van der Waals surface area contributed by atoms with Gasteiger partial charge in [0.1, 0.15) is 22.5 Å². The van der Waals surface area contributed by atoms with Crippen LogP contribution in [0.2, 0.25) is 0 Å². The lowest BCUT2D eigenvalue weighted by atomic mass is 10.3. The van der Waals surface area contributed by atoms with Crippen LogP contribution in [0.25, 0.3) is 5.69 Å². The monoisotopic (exact) mass is 307 g/mol. The number of hydrogen-bond acceptors (Lipinski definition) is 2. The molecule has 1 unspecified atom stereocenters. The lowest BCUT2D eigenvalue weighted by Gasteiger charge is -2.13. The van der Waals surface area contributed by atoms with Crippen molar-refractivity contribution in [2.75, 3.05) is 0 Å². The summed E-state index contributed by atoms with van der Waals surface area (Å²) in [6.07, 6.45) is 1.77. The van der Waals surface area contributed by atoms with Crippen LogP contribution in [-0.4, -0.2) is 24.4 Å². The molecule has 0 aliphatic heterocycles. The molecule has 1 atom stereocenters. The van der Waals surface area contributed by atoms with Crippen LogP contribution < -0.4 is 0 Å². The van der Waals surface area contributed by atoms with E-state index in [2.05, 4.69) is 9.50 Å². The van der Waals surface area contributed by atoms with Crippen LogP contribution in [0, 0.1) is 5.82 Å². The highest BCUT2D eigenvalue weighted by atomic mass is 32.2. The van der Waals surface area contributed by atoms with E-state index in [1.54, 1.807) is 36.0 Å². The first kappa shape index (κ1) is 15.6. The van der Waals surface area contributed by atoms with Gasteiger partial charge in [-0.2, -0.15) is 9.50 Å². The number of benzene rings is 1. The molecule has 6 heteroatoms. The topological polar surface area (TPSA) is 47.2 Å². The Morgan fingerprint density at radius 3 is 2.43 bits per heavy atom. The molecular weight excluding hydrogens is 289 g/mol. The Morgan fingerprint density at radius 2 is 1.86 bits per heavy atom. The Balaban J connectivity index is 2.25. The predicted octanol–water partition coefficient (Wildman–Crippen LogP) is 3.28. The van der Waals surface area contributed by atoms with Crippen LogP contribution in [-0.2, 0) is 11.0 Å². The zero-order valence-corrected chi connectivity index (χ0v) is 13.3. The lowest BCUT2D eigenvalue weighted by molar-refractivity contribution is 0.627.